The second kappa shape index (κ2) is 9.18. The number of aromatic nitrogens is 3. The molecule has 0 saturated heterocycles. The van der Waals surface area contributed by atoms with Crippen molar-refractivity contribution in [3.8, 4) is 16.9 Å². The molecule has 2 aromatic carbocycles. The molecule has 0 bridgehead atoms. The van der Waals surface area contributed by atoms with Crippen LogP contribution in [0.25, 0.3) is 22.0 Å². The lowest BCUT2D eigenvalue weighted by Gasteiger charge is -2.11. The van der Waals surface area contributed by atoms with Crippen LogP contribution >= 0.6 is 11.8 Å². The van der Waals surface area contributed by atoms with Crippen molar-refractivity contribution in [1.29, 1.82) is 0 Å². The number of hydrogen-bond acceptors (Lipinski definition) is 7. The van der Waals surface area contributed by atoms with Gasteiger partial charge in [-0.25, -0.2) is 4.98 Å². The van der Waals surface area contributed by atoms with Crippen LogP contribution in [0.4, 0.5) is 6.01 Å². The topological polar surface area (TPSA) is 90.1 Å². The molecule has 0 radical (unpaired) electrons. The molecule has 7 nitrogen and oxygen atoms in total. The summed E-state index contributed by atoms with van der Waals surface area (Å²) in [5, 5.41) is 12.2. The van der Waals surface area contributed by atoms with Crippen molar-refractivity contribution in [3.05, 3.63) is 60.5 Å². The molecule has 31 heavy (non-hydrogen) atoms. The first-order valence-electron chi connectivity index (χ1n) is 9.83. The Hall–Kier alpha value is -3.39. The molecular weight excluding hydrogens is 412 g/mol. The van der Waals surface area contributed by atoms with Gasteiger partial charge in [-0.15, -0.1) is 5.10 Å². The van der Waals surface area contributed by atoms with E-state index < -0.39 is 0 Å². The fourth-order valence-electron chi connectivity index (χ4n) is 3.05. The van der Waals surface area contributed by atoms with Gasteiger partial charge in [-0.05, 0) is 29.3 Å². The second-order valence-corrected chi connectivity index (χ2v) is 8.19. The minimum absolute atomic E-state index is 0.0997. The number of fused-ring (bicyclic) bond motifs is 1. The van der Waals surface area contributed by atoms with Gasteiger partial charge in [0.05, 0.1) is 23.4 Å². The molecule has 8 heteroatoms. The van der Waals surface area contributed by atoms with E-state index in [9.17, 15) is 4.79 Å². The highest BCUT2D eigenvalue weighted by Crippen LogP contribution is 2.33. The molecule has 0 saturated carbocycles. The predicted octanol–water partition coefficient (Wildman–Crippen LogP) is 5.15. The van der Waals surface area contributed by atoms with E-state index in [1.54, 1.807) is 7.11 Å². The zero-order chi connectivity index (χ0) is 21.8. The SMILES string of the molecule is COc1ccc2c(-c3ccccc3)cc(SCC(=O)Nc3nnc(C(C)C)o3)nc2c1. The molecule has 0 aliphatic carbocycles. The molecule has 2 aromatic heterocycles. The van der Waals surface area contributed by atoms with Gasteiger partial charge < -0.3 is 9.15 Å². The van der Waals surface area contributed by atoms with Gasteiger partial charge in [-0.3, -0.25) is 10.1 Å². The zero-order valence-corrected chi connectivity index (χ0v) is 18.3. The Morgan fingerprint density at radius 2 is 1.94 bits per heavy atom. The number of methoxy groups -OCH3 is 1. The van der Waals surface area contributed by atoms with Gasteiger partial charge in [0.1, 0.15) is 5.75 Å². The smallest absolute Gasteiger partial charge is 0.322 e. The Morgan fingerprint density at radius 1 is 1.13 bits per heavy atom. The number of rotatable bonds is 7. The third-order valence-electron chi connectivity index (χ3n) is 4.61. The highest BCUT2D eigenvalue weighted by atomic mass is 32.2. The van der Waals surface area contributed by atoms with Gasteiger partial charge in [-0.2, -0.15) is 0 Å². The summed E-state index contributed by atoms with van der Waals surface area (Å²) in [6.45, 7) is 3.89. The van der Waals surface area contributed by atoms with E-state index in [-0.39, 0.29) is 23.6 Å². The van der Waals surface area contributed by atoms with Crippen LogP contribution in [-0.4, -0.2) is 34.0 Å². The number of amides is 1. The number of benzene rings is 2. The van der Waals surface area contributed by atoms with Crippen molar-refractivity contribution < 1.29 is 13.9 Å². The monoisotopic (exact) mass is 434 g/mol. The Morgan fingerprint density at radius 3 is 2.65 bits per heavy atom. The van der Waals surface area contributed by atoms with E-state index in [4.69, 9.17) is 14.1 Å². The van der Waals surface area contributed by atoms with Crippen LogP contribution in [0.3, 0.4) is 0 Å². The van der Waals surface area contributed by atoms with Crippen molar-refractivity contribution in [3.63, 3.8) is 0 Å². The Kier molecular flexibility index (Phi) is 6.18. The highest BCUT2D eigenvalue weighted by molar-refractivity contribution is 7.99. The van der Waals surface area contributed by atoms with Crippen LogP contribution in [0, 0.1) is 0 Å². The molecule has 0 fully saturated rings. The molecular formula is C23H22N4O3S. The molecule has 0 spiro atoms. The molecule has 0 atom stereocenters. The Balaban J connectivity index is 1.57. The first-order valence-corrected chi connectivity index (χ1v) is 10.8. The molecule has 1 amide bonds. The standard InChI is InChI=1S/C23H22N4O3S/c1-14(2)22-26-27-23(30-22)25-20(28)13-31-21-12-18(15-7-5-4-6-8-15)17-10-9-16(29-3)11-19(17)24-21/h4-12,14H,13H2,1-3H3,(H,25,27,28). The quantitative estimate of drug-likeness (QED) is 0.402. The molecule has 2 heterocycles. The van der Waals surface area contributed by atoms with Crippen molar-refractivity contribution in [2.45, 2.75) is 24.8 Å². The van der Waals surface area contributed by atoms with Crippen molar-refractivity contribution in [2.24, 2.45) is 0 Å². The van der Waals surface area contributed by atoms with Gasteiger partial charge in [0.25, 0.3) is 0 Å². The van der Waals surface area contributed by atoms with Crippen molar-refractivity contribution in [2.75, 3.05) is 18.2 Å². The van der Waals surface area contributed by atoms with Crippen LogP contribution in [0.1, 0.15) is 25.7 Å². The van der Waals surface area contributed by atoms with Crippen molar-refractivity contribution >= 4 is 34.6 Å². The Bertz CT molecular complexity index is 1210. The second-order valence-electron chi connectivity index (χ2n) is 7.19. The lowest BCUT2D eigenvalue weighted by Crippen LogP contribution is -2.14. The Labute approximate surface area is 184 Å². The van der Waals surface area contributed by atoms with Gasteiger partial charge in [0, 0.05) is 17.4 Å². The van der Waals surface area contributed by atoms with Crippen LogP contribution in [0.15, 0.2) is 64.0 Å². The molecule has 4 aromatic rings. The summed E-state index contributed by atoms with van der Waals surface area (Å²) < 4.78 is 10.8. The fourth-order valence-corrected chi connectivity index (χ4v) is 3.77. The number of carbonyl (C=O) groups is 1. The maximum Gasteiger partial charge on any atom is 0.322 e. The van der Waals surface area contributed by atoms with E-state index in [1.807, 2.05) is 56.3 Å². The predicted molar refractivity (Wildman–Crippen MR) is 121 cm³/mol. The summed E-state index contributed by atoms with van der Waals surface area (Å²) in [6.07, 6.45) is 0. The molecule has 1 N–H and O–H groups in total. The largest absolute Gasteiger partial charge is 0.497 e. The van der Waals surface area contributed by atoms with E-state index in [0.717, 1.165) is 32.8 Å². The minimum atomic E-state index is -0.238. The normalized spacial score (nSPS) is 11.1. The van der Waals surface area contributed by atoms with Gasteiger partial charge >= 0.3 is 6.01 Å². The van der Waals surface area contributed by atoms with Crippen LogP contribution in [-0.2, 0) is 4.79 Å². The van der Waals surface area contributed by atoms with E-state index in [2.05, 4.69) is 27.6 Å². The molecule has 0 unspecified atom stereocenters. The summed E-state index contributed by atoms with van der Waals surface area (Å²) in [7, 11) is 1.63. The molecule has 4 rings (SSSR count). The summed E-state index contributed by atoms with van der Waals surface area (Å²) in [4.78, 5) is 17.1. The third-order valence-corrected chi connectivity index (χ3v) is 5.52. The maximum absolute atomic E-state index is 12.4. The lowest BCUT2D eigenvalue weighted by molar-refractivity contribution is -0.113. The number of pyridine rings is 1. The van der Waals surface area contributed by atoms with Gasteiger partial charge in [0.15, 0.2) is 0 Å². The maximum atomic E-state index is 12.4. The number of ether oxygens (including phenoxy) is 1. The summed E-state index contributed by atoms with van der Waals surface area (Å²) in [6, 6.07) is 18.0. The lowest BCUT2D eigenvalue weighted by atomic mass is 10.0. The summed E-state index contributed by atoms with van der Waals surface area (Å²) in [5.41, 5.74) is 2.94. The number of nitrogens with one attached hydrogen (secondary N) is 1. The third kappa shape index (κ3) is 4.86. The van der Waals surface area contributed by atoms with E-state index in [1.165, 1.54) is 11.8 Å². The highest BCUT2D eigenvalue weighted by Gasteiger charge is 2.14. The number of anilines is 1. The summed E-state index contributed by atoms with van der Waals surface area (Å²) >= 11 is 1.34. The van der Waals surface area contributed by atoms with E-state index in [0.29, 0.717) is 5.89 Å². The first kappa shape index (κ1) is 20.9. The van der Waals surface area contributed by atoms with E-state index >= 15 is 0 Å². The van der Waals surface area contributed by atoms with Crippen LogP contribution < -0.4 is 10.1 Å². The first-order chi connectivity index (χ1) is 15.0. The zero-order valence-electron chi connectivity index (χ0n) is 17.5. The minimum Gasteiger partial charge on any atom is -0.497 e. The number of thioether (sulfide) groups is 1. The van der Waals surface area contributed by atoms with Gasteiger partial charge in [0.2, 0.25) is 11.8 Å². The van der Waals surface area contributed by atoms with Crippen molar-refractivity contribution in [1.82, 2.24) is 15.2 Å². The number of nitrogens with zero attached hydrogens (tertiary/aromatic N) is 3. The fraction of sp³-hybridized carbons (Fsp3) is 0.217. The average molecular weight is 435 g/mol. The summed E-state index contributed by atoms with van der Waals surface area (Å²) in [5.74, 6) is 1.24. The van der Waals surface area contributed by atoms with Crippen LogP contribution in [0.2, 0.25) is 0 Å². The van der Waals surface area contributed by atoms with Crippen LogP contribution in [0.5, 0.6) is 5.75 Å². The molecule has 0 aliphatic heterocycles. The molecule has 0 aliphatic rings. The van der Waals surface area contributed by atoms with Gasteiger partial charge in [-0.1, -0.05) is 61.0 Å². The number of carbonyl (C=O) groups excluding carboxylic acids is 1. The average Bonchev–Trinajstić information content (AvgIpc) is 3.26. The number of hydrogen-bond donors (Lipinski definition) is 1. The molecule has 158 valence electrons.